The molecule has 1 aliphatic rings. The molecule has 0 unspecified atom stereocenters. The third kappa shape index (κ3) is 5.29. The van der Waals surface area contributed by atoms with E-state index in [1.165, 1.54) is 0 Å². The lowest BCUT2D eigenvalue weighted by molar-refractivity contribution is -0.153. The third-order valence-corrected chi connectivity index (χ3v) is 4.40. The van der Waals surface area contributed by atoms with Crippen molar-refractivity contribution in [1.29, 1.82) is 0 Å². The Morgan fingerprint density at radius 1 is 1.36 bits per heavy atom. The second-order valence-electron chi connectivity index (χ2n) is 5.54. The van der Waals surface area contributed by atoms with E-state index in [4.69, 9.17) is 9.47 Å². The summed E-state index contributed by atoms with van der Waals surface area (Å²) in [4.78, 5) is 11.8. The molecular formula is C13H19F2O6S-. The van der Waals surface area contributed by atoms with Crippen LogP contribution in [0.2, 0.25) is 0 Å². The summed E-state index contributed by atoms with van der Waals surface area (Å²) >= 11 is 0. The van der Waals surface area contributed by atoms with Crippen LogP contribution in [0.4, 0.5) is 8.78 Å². The molecule has 0 heterocycles. The van der Waals surface area contributed by atoms with Crippen molar-refractivity contribution in [2.24, 2.45) is 0 Å². The maximum Gasteiger partial charge on any atom is 0.336 e. The highest BCUT2D eigenvalue weighted by atomic mass is 32.2. The Hall–Kier alpha value is -1.06. The molecular weight excluding hydrogens is 322 g/mol. The highest BCUT2D eigenvalue weighted by Gasteiger charge is 2.37. The van der Waals surface area contributed by atoms with E-state index in [-0.39, 0.29) is 12.2 Å². The standard InChI is InChI=1S/C13H20F2O6S/c1-10(11(16)21-12(2)5-3-4-6-12)9-20-8-7-13(14,15)22(17,18)19/h1,3-9H2,2H3,(H,17,18,19)/p-1. The van der Waals surface area contributed by atoms with Gasteiger partial charge in [-0.15, -0.1) is 0 Å². The summed E-state index contributed by atoms with van der Waals surface area (Å²) in [5.41, 5.74) is -0.592. The molecule has 0 aromatic heterocycles. The maximum atomic E-state index is 12.8. The summed E-state index contributed by atoms with van der Waals surface area (Å²) in [7, 11) is -5.72. The molecule has 1 rings (SSSR count). The Kier molecular flexibility index (Phi) is 6.05. The van der Waals surface area contributed by atoms with Gasteiger partial charge in [-0.3, -0.25) is 0 Å². The van der Waals surface area contributed by atoms with Crippen molar-refractivity contribution in [2.45, 2.75) is 49.9 Å². The summed E-state index contributed by atoms with van der Waals surface area (Å²) in [6, 6.07) is 0. The molecule has 128 valence electrons. The minimum atomic E-state index is -5.72. The van der Waals surface area contributed by atoms with E-state index in [1.807, 2.05) is 6.92 Å². The third-order valence-electron chi connectivity index (χ3n) is 3.47. The Morgan fingerprint density at radius 2 is 1.91 bits per heavy atom. The molecule has 0 aromatic rings. The fourth-order valence-electron chi connectivity index (χ4n) is 2.09. The SMILES string of the molecule is C=C(COCCC(F)(F)S(=O)(=O)[O-])C(=O)OC1(C)CCCC1. The fourth-order valence-corrected chi connectivity index (χ4v) is 2.42. The van der Waals surface area contributed by atoms with Crippen LogP contribution in [0.3, 0.4) is 0 Å². The summed E-state index contributed by atoms with van der Waals surface area (Å²) in [5, 5.41) is -4.40. The van der Waals surface area contributed by atoms with Crippen LogP contribution in [0, 0.1) is 0 Å². The maximum absolute atomic E-state index is 12.8. The van der Waals surface area contributed by atoms with E-state index in [9.17, 15) is 26.5 Å². The lowest BCUT2D eigenvalue weighted by Crippen LogP contribution is -2.31. The van der Waals surface area contributed by atoms with E-state index in [0.29, 0.717) is 0 Å². The first-order chi connectivity index (χ1) is 9.97. The average Bonchev–Trinajstić information content (AvgIpc) is 2.79. The molecule has 22 heavy (non-hydrogen) atoms. The van der Waals surface area contributed by atoms with Crippen LogP contribution in [0.15, 0.2) is 12.2 Å². The van der Waals surface area contributed by atoms with Gasteiger partial charge in [-0.2, -0.15) is 8.78 Å². The molecule has 0 atom stereocenters. The Balaban J connectivity index is 2.33. The number of carbonyl (C=O) groups is 1. The van der Waals surface area contributed by atoms with E-state index in [0.717, 1.165) is 25.7 Å². The molecule has 0 aromatic carbocycles. The first-order valence-electron chi connectivity index (χ1n) is 6.79. The molecule has 0 aliphatic heterocycles. The molecule has 0 saturated heterocycles. The van der Waals surface area contributed by atoms with Crippen molar-refractivity contribution in [3.63, 3.8) is 0 Å². The van der Waals surface area contributed by atoms with Gasteiger partial charge >= 0.3 is 11.2 Å². The van der Waals surface area contributed by atoms with Crippen LogP contribution in [0.1, 0.15) is 39.0 Å². The zero-order valence-corrected chi connectivity index (χ0v) is 13.1. The molecule has 0 bridgehead atoms. The van der Waals surface area contributed by atoms with Gasteiger partial charge in [-0.1, -0.05) is 6.58 Å². The van der Waals surface area contributed by atoms with Gasteiger partial charge in [0.05, 0.1) is 18.8 Å². The van der Waals surface area contributed by atoms with Gasteiger partial charge in [0.25, 0.3) is 0 Å². The van der Waals surface area contributed by atoms with E-state index in [2.05, 4.69) is 6.58 Å². The van der Waals surface area contributed by atoms with Gasteiger partial charge in [0.15, 0.2) is 10.1 Å². The summed E-state index contributed by atoms with van der Waals surface area (Å²) in [6.45, 7) is 4.19. The van der Waals surface area contributed by atoms with Gasteiger partial charge in [0, 0.05) is 6.42 Å². The largest absolute Gasteiger partial charge is 0.743 e. The van der Waals surface area contributed by atoms with Gasteiger partial charge in [-0.05, 0) is 32.6 Å². The van der Waals surface area contributed by atoms with Crippen molar-refractivity contribution < 1.29 is 36.0 Å². The number of hydrogen-bond donors (Lipinski definition) is 0. The first kappa shape index (κ1) is 19.0. The highest BCUT2D eigenvalue weighted by Crippen LogP contribution is 2.33. The van der Waals surface area contributed by atoms with Crippen molar-refractivity contribution in [3.05, 3.63) is 12.2 Å². The van der Waals surface area contributed by atoms with Crippen molar-refractivity contribution in [3.8, 4) is 0 Å². The average molecular weight is 341 g/mol. The van der Waals surface area contributed by atoms with Crippen molar-refractivity contribution in [1.82, 2.24) is 0 Å². The first-order valence-corrected chi connectivity index (χ1v) is 8.20. The normalized spacial score (nSPS) is 18.2. The molecule has 0 spiro atoms. The number of esters is 1. The topological polar surface area (TPSA) is 92.7 Å². The van der Waals surface area contributed by atoms with Gasteiger partial charge < -0.3 is 14.0 Å². The quantitative estimate of drug-likeness (QED) is 0.290. The van der Waals surface area contributed by atoms with Gasteiger partial charge in [0.1, 0.15) is 5.60 Å². The predicted molar refractivity (Wildman–Crippen MR) is 72.2 cm³/mol. The lowest BCUT2D eigenvalue weighted by atomic mass is 10.1. The Labute approximate surface area is 128 Å². The van der Waals surface area contributed by atoms with Gasteiger partial charge in [0.2, 0.25) is 0 Å². The zero-order valence-electron chi connectivity index (χ0n) is 12.3. The molecule has 1 aliphatic carbocycles. The smallest absolute Gasteiger partial charge is 0.336 e. The number of alkyl halides is 2. The molecule has 1 fully saturated rings. The van der Waals surface area contributed by atoms with E-state index < -0.39 is 40.0 Å². The summed E-state index contributed by atoms with van der Waals surface area (Å²) in [5.74, 6) is -0.674. The molecule has 6 nitrogen and oxygen atoms in total. The van der Waals surface area contributed by atoms with Crippen molar-refractivity contribution >= 4 is 16.1 Å². The second kappa shape index (κ2) is 7.01. The number of ether oxygens (including phenoxy) is 2. The van der Waals surface area contributed by atoms with Gasteiger partial charge in [-0.25, -0.2) is 13.2 Å². The monoisotopic (exact) mass is 341 g/mol. The fraction of sp³-hybridized carbons (Fsp3) is 0.769. The second-order valence-corrected chi connectivity index (χ2v) is 7.05. The minimum absolute atomic E-state index is 0.0542. The van der Waals surface area contributed by atoms with Crippen LogP contribution in [-0.2, 0) is 24.4 Å². The van der Waals surface area contributed by atoms with Crippen LogP contribution in [-0.4, -0.2) is 43.0 Å². The zero-order chi connectivity index (χ0) is 17.0. The molecule has 0 N–H and O–H groups in total. The molecule has 0 radical (unpaired) electrons. The van der Waals surface area contributed by atoms with Crippen LogP contribution in [0.5, 0.6) is 0 Å². The highest BCUT2D eigenvalue weighted by molar-refractivity contribution is 7.86. The van der Waals surface area contributed by atoms with E-state index >= 15 is 0 Å². The predicted octanol–water partition coefficient (Wildman–Crippen LogP) is 1.96. The number of halogens is 2. The van der Waals surface area contributed by atoms with Crippen LogP contribution in [0.25, 0.3) is 0 Å². The number of carbonyl (C=O) groups excluding carboxylic acids is 1. The molecule has 1 saturated carbocycles. The number of hydrogen-bond acceptors (Lipinski definition) is 6. The Bertz CT molecular complexity index is 523. The number of rotatable bonds is 8. The molecule has 0 amide bonds. The summed E-state index contributed by atoms with van der Waals surface area (Å²) < 4.78 is 66.5. The Morgan fingerprint density at radius 3 is 2.41 bits per heavy atom. The summed E-state index contributed by atoms with van der Waals surface area (Å²) in [6.07, 6.45) is 2.15. The van der Waals surface area contributed by atoms with Crippen LogP contribution < -0.4 is 0 Å². The van der Waals surface area contributed by atoms with Crippen LogP contribution >= 0.6 is 0 Å². The van der Waals surface area contributed by atoms with E-state index in [1.54, 1.807) is 0 Å². The lowest BCUT2D eigenvalue weighted by Gasteiger charge is -2.24. The molecule has 9 heteroatoms. The van der Waals surface area contributed by atoms with Crippen molar-refractivity contribution in [2.75, 3.05) is 13.2 Å². The minimum Gasteiger partial charge on any atom is -0.743 e.